The van der Waals surface area contributed by atoms with Crippen LogP contribution in [0.2, 0.25) is 0 Å². The molecular weight excluding hydrogens is 955 g/mol. The van der Waals surface area contributed by atoms with Gasteiger partial charge >= 0.3 is 0 Å². The smallest absolute Gasteiger partial charge is 0.268 e. The Hall–Kier alpha value is -8.26. The Morgan fingerprint density at radius 3 is 1.34 bits per heavy atom. The molecule has 10 aromatic carbocycles. The van der Waals surface area contributed by atoms with Crippen molar-refractivity contribution in [1.82, 2.24) is 0 Å². The van der Waals surface area contributed by atoms with Crippen LogP contribution in [0, 0.1) is 0 Å². The van der Waals surface area contributed by atoms with Gasteiger partial charge in [-0.15, -0.1) is 22.7 Å². The number of thiophene rings is 2. The minimum Gasteiger partial charge on any atom is -0.458 e. The number of benzene rings is 10. The fourth-order valence-electron chi connectivity index (χ4n) is 12.3. The van der Waals surface area contributed by atoms with Crippen LogP contribution in [-0.4, -0.2) is 13.4 Å². The SMILES string of the molecule is c1ccc(-c2sc3c(c2-c2ccccc2)N(c2ccccc2)c2cccc4c2B3c2cc3cc5c(cc3cc2O4)Sc2cccc3c2B5c2sc(-c4ccccc4)c(-c4ccccc4)c2N3c2ccccc2)cc1. The third-order valence-corrected chi connectivity index (χ3v) is 19.1. The van der Waals surface area contributed by atoms with Gasteiger partial charge in [0.15, 0.2) is 0 Å². The Morgan fingerprint density at radius 1 is 0.351 bits per heavy atom. The molecule has 4 aliphatic rings. The highest BCUT2D eigenvalue weighted by Gasteiger charge is 2.47. The van der Waals surface area contributed by atoms with Crippen molar-refractivity contribution in [2.45, 2.75) is 9.79 Å². The Balaban J connectivity index is 0.947. The van der Waals surface area contributed by atoms with E-state index in [0.29, 0.717) is 0 Å². The van der Waals surface area contributed by atoms with Crippen molar-refractivity contribution in [2.75, 3.05) is 9.80 Å². The molecule has 0 saturated carbocycles. The summed E-state index contributed by atoms with van der Waals surface area (Å²) in [6.45, 7) is -0.0481. The fraction of sp³-hybridized carbons (Fsp3) is 0. The first kappa shape index (κ1) is 42.3. The number of fused-ring (bicyclic) bond motifs is 9. The van der Waals surface area contributed by atoms with Gasteiger partial charge < -0.3 is 14.5 Å². The molecule has 0 saturated heterocycles. The van der Waals surface area contributed by atoms with Crippen LogP contribution in [-0.2, 0) is 0 Å². The van der Waals surface area contributed by atoms with Crippen molar-refractivity contribution in [2.24, 2.45) is 0 Å². The summed E-state index contributed by atoms with van der Waals surface area (Å²) in [7, 11) is 0. The molecule has 3 nitrogen and oxygen atoms in total. The highest BCUT2D eigenvalue weighted by Crippen LogP contribution is 2.53. The fourth-order valence-corrected chi connectivity index (χ4v) is 16.3. The number of ether oxygens (including phenoxy) is 1. The monoisotopic (exact) mass is 994 g/mol. The Morgan fingerprint density at radius 2 is 0.797 bits per heavy atom. The highest BCUT2D eigenvalue weighted by atomic mass is 32.2. The first-order chi connectivity index (χ1) is 36.7. The predicted octanol–water partition coefficient (Wildman–Crippen LogP) is 14.8. The Bertz CT molecular complexity index is 3940. The second kappa shape index (κ2) is 16.6. The molecule has 0 amide bonds. The third-order valence-electron chi connectivity index (χ3n) is 15.3. The number of hydrogen-bond acceptors (Lipinski definition) is 6. The standard InChI is InChI=1S/C66H40B2N2OS3/c1-7-21-41(22-8-1)57-61-65(73-63(57)43-25-11-3-12-26-43)67-49-37-45-38-50-56(40-46(45)39-54(49)71-53-35-19-33-51(59(53)67)69(61)47-29-15-5-16-30-47)72-55-36-20-34-52-60(55)68(50)66-62(70(52)48-31-17-6-18-32-48)58(42-23-9-2-10-24-42)64(74-66)44-27-13-4-14-28-44/h1-40H. The summed E-state index contributed by atoms with van der Waals surface area (Å²) >= 11 is 5.80. The molecule has 0 bridgehead atoms. The van der Waals surface area contributed by atoms with Gasteiger partial charge in [-0.05, 0) is 110 Å². The maximum absolute atomic E-state index is 7.17. The third kappa shape index (κ3) is 6.29. The number of rotatable bonds is 6. The molecule has 8 heteroatoms. The van der Waals surface area contributed by atoms with Gasteiger partial charge in [-0.1, -0.05) is 199 Å². The quantitative estimate of drug-likeness (QED) is 0.154. The minimum absolute atomic E-state index is 0.0150. The molecule has 0 aliphatic carbocycles. The summed E-state index contributed by atoms with van der Waals surface area (Å²) in [5, 5.41) is 2.40. The first-order valence-electron chi connectivity index (χ1n) is 25.2. The molecule has 0 spiro atoms. The van der Waals surface area contributed by atoms with Gasteiger partial charge in [0.1, 0.15) is 11.5 Å². The van der Waals surface area contributed by atoms with E-state index in [4.69, 9.17) is 4.74 Å². The predicted molar refractivity (Wildman–Crippen MR) is 317 cm³/mol. The summed E-state index contributed by atoms with van der Waals surface area (Å²) < 4.78 is 9.86. The van der Waals surface area contributed by atoms with Gasteiger partial charge in [0.25, 0.3) is 13.4 Å². The molecule has 2 aromatic heterocycles. The van der Waals surface area contributed by atoms with Crippen molar-refractivity contribution >= 4 is 124 Å². The van der Waals surface area contributed by atoms with E-state index >= 15 is 0 Å². The van der Waals surface area contributed by atoms with E-state index in [0.717, 1.165) is 28.6 Å². The van der Waals surface area contributed by atoms with E-state index in [2.05, 4.69) is 252 Å². The molecule has 344 valence electrons. The molecule has 4 aliphatic heterocycles. The maximum Gasteiger partial charge on any atom is 0.268 e. The van der Waals surface area contributed by atoms with E-state index in [-0.39, 0.29) is 13.4 Å². The summed E-state index contributed by atoms with van der Waals surface area (Å²) in [4.78, 5) is 10.2. The van der Waals surface area contributed by atoms with Gasteiger partial charge in [0.05, 0.1) is 11.4 Å². The normalized spacial score (nSPS) is 13.4. The molecule has 0 atom stereocenters. The van der Waals surface area contributed by atoms with Crippen molar-refractivity contribution in [3.05, 3.63) is 243 Å². The van der Waals surface area contributed by atoms with Crippen molar-refractivity contribution in [3.63, 3.8) is 0 Å². The molecule has 74 heavy (non-hydrogen) atoms. The summed E-state index contributed by atoms with van der Waals surface area (Å²) in [5.41, 5.74) is 19.7. The lowest BCUT2D eigenvalue weighted by atomic mass is 9.36. The summed E-state index contributed by atoms with van der Waals surface area (Å²) in [6, 6.07) is 89.2. The van der Waals surface area contributed by atoms with Crippen LogP contribution in [0.4, 0.5) is 34.1 Å². The van der Waals surface area contributed by atoms with Crippen molar-refractivity contribution in [3.8, 4) is 54.6 Å². The van der Waals surface area contributed by atoms with Gasteiger partial charge in [-0.2, -0.15) is 0 Å². The van der Waals surface area contributed by atoms with E-state index in [1.165, 1.54) is 112 Å². The lowest BCUT2D eigenvalue weighted by Gasteiger charge is -2.39. The van der Waals surface area contributed by atoms with Crippen LogP contribution < -0.4 is 45.9 Å². The van der Waals surface area contributed by atoms with Crippen LogP contribution in [0.3, 0.4) is 0 Å². The van der Waals surface area contributed by atoms with E-state index in [9.17, 15) is 0 Å². The Labute approximate surface area is 442 Å². The van der Waals surface area contributed by atoms with Crippen molar-refractivity contribution < 1.29 is 4.74 Å². The minimum atomic E-state index is -0.0631. The van der Waals surface area contributed by atoms with Crippen LogP contribution >= 0.6 is 34.4 Å². The second-order valence-electron chi connectivity index (χ2n) is 19.4. The average Bonchev–Trinajstić information content (AvgIpc) is 4.13. The van der Waals surface area contributed by atoms with Gasteiger partial charge in [0, 0.05) is 63.0 Å². The largest absolute Gasteiger partial charge is 0.458 e. The zero-order chi connectivity index (χ0) is 48.4. The van der Waals surface area contributed by atoms with Gasteiger partial charge in [-0.25, -0.2) is 0 Å². The lowest BCUT2D eigenvalue weighted by molar-refractivity contribution is 0.488. The zero-order valence-corrected chi connectivity index (χ0v) is 42.2. The number of para-hydroxylation sites is 2. The van der Waals surface area contributed by atoms with Gasteiger partial charge in [-0.3, -0.25) is 0 Å². The van der Waals surface area contributed by atoms with Crippen molar-refractivity contribution in [1.29, 1.82) is 0 Å². The summed E-state index contributed by atoms with van der Waals surface area (Å²) in [5.74, 6) is 1.83. The molecule has 12 aromatic rings. The van der Waals surface area contributed by atoms with Gasteiger partial charge in [0.2, 0.25) is 0 Å². The van der Waals surface area contributed by atoms with Crippen LogP contribution in [0.5, 0.6) is 11.5 Å². The summed E-state index contributed by atoms with van der Waals surface area (Å²) in [6.07, 6.45) is 0. The van der Waals surface area contributed by atoms with Crippen LogP contribution in [0.25, 0.3) is 53.9 Å². The van der Waals surface area contributed by atoms with E-state index < -0.39 is 0 Å². The molecule has 0 N–H and O–H groups in total. The molecular formula is C66H40B2N2OS3. The molecule has 6 heterocycles. The number of hydrogen-bond donors (Lipinski definition) is 0. The number of anilines is 6. The maximum atomic E-state index is 7.17. The zero-order valence-electron chi connectivity index (χ0n) is 39.8. The van der Waals surface area contributed by atoms with E-state index in [1.807, 2.05) is 34.4 Å². The second-order valence-corrected chi connectivity index (χ2v) is 22.6. The number of nitrogens with zero attached hydrogens (tertiary/aromatic N) is 2. The van der Waals surface area contributed by atoms with E-state index in [1.54, 1.807) is 0 Å². The first-order valence-corrected chi connectivity index (χ1v) is 27.7. The topological polar surface area (TPSA) is 15.7 Å². The molecule has 0 unspecified atom stereocenters. The lowest BCUT2D eigenvalue weighted by Crippen LogP contribution is -2.59. The molecule has 0 radical (unpaired) electrons. The molecule has 16 rings (SSSR count). The Kier molecular flexibility index (Phi) is 9.50. The highest BCUT2D eigenvalue weighted by molar-refractivity contribution is 8.00. The van der Waals surface area contributed by atoms with Crippen LogP contribution in [0.1, 0.15) is 0 Å². The van der Waals surface area contributed by atoms with Crippen LogP contribution in [0.15, 0.2) is 252 Å². The molecule has 0 fully saturated rings. The average molecular weight is 995 g/mol.